The molecule has 0 aliphatic rings. The van der Waals surface area contributed by atoms with Gasteiger partial charge in [-0.25, -0.2) is 0 Å². The van der Waals surface area contributed by atoms with E-state index in [0.29, 0.717) is 0 Å². The summed E-state index contributed by atoms with van der Waals surface area (Å²) in [4.78, 5) is 1.00. The minimum Gasteiger partial charge on any atom is -0.387 e. The second-order valence-electron chi connectivity index (χ2n) is 3.79. The van der Waals surface area contributed by atoms with E-state index in [9.17, 15) is 5.11 Å². The van der Waals surface area contributed by atoms with E-state index >= 15 is 0 Å². The zero-order chi connectivity index (χ0) is 11.5. The van der Waals surface area contributed by atoms with Crippen LogP contribution in [0.5, 0.6) is 0 Å². The largest absolute Gasteiger partial charge is 0.387 e. The highest BCUT2D eigenvalue weighted by molar-refractivity contribution is 9.11. The molecule has 0 aliphatic heterocycles. The fraction of sp³-hybridized carbons (Fsp3) is 0.231. The first-order valence-electron chi connectivity index (χ1n) is 5.16. The molecule has 0 aliphatic carbocycles. The predicted octanol–water partition coefficient (Wildman–Crippen LogP) is 4.35. The molecule has 1 aromatic heterocycles. The van der Waals surface area contributed by atoms with Crippen molar-refractivity contribution in [3.05, 3.63) is 56.7 Å². The second kappa shape index (κ2) is 5.13. The zero-order valence-corrected chi connectivity index (χ0v) is 11.3. The molecule has 0 saturated carbocycles. The molecule has 1 heterocycles. The van der Waals surface area contributed by atoms with E-state index in [-0.39, 0.29) is 5.92 Å². The summed E-state index contributed by atoms with van der Waals surface area (Å²) in [6.07, 6.45) is -0.432. The Morgan fingerprint density at radius 2 is 1.81 bits per heavy atom. The summed E-state index contributed by atoms with van der Waals surface area (Å²) in [6, 6.07) is 14.0. The van der Waals surface area contributed by atoms with Gasteiger partial charge in [0.25, 0.3) is 0 Å². The molecule has 3 heteroatoms. The molecule has 0 saturated heterocycles. The van der Waals surface area contributed by atoms with E-state index in [1.807, 2.05) is 37.3 Å². The Morgan fingerprint density at radius 3 is 2.38 bits per heavy atom. The highest BCUT2D eigenvalue weighted by Crippen LogP contribution is 2.35. The fourth-order valence-corrected chi connectivity index (χ4v) is 3.19. The van der Waals surface area contributed by atoms with Gasteiger partial charge in [0.2, 0.25) is 0 Å². The monoisotopic (exact) mass is 296 g/mol. The summed E-state index contributed by atoms with van der Waals surface area (Å²) in [5, 5.41) is 10.2. The maximum absolute atomic E-state index is 10.2. The number of rotatable bonds is 3. The molecule has 0 bridgehead atoms. The van der Waals surface area contributed by atoms with Crippen LogP contribution in [-0.4, -0.2) is 5.11 Å². The summed E-state index contributed by atoms with van der Waals surface area (Å²) in [5.74, 6) is 0.117. The number of hydrogen-bond acceptors (Lipinski definition) is 2. The highest BCUT2D eigenvalue weighted by Gasteiger charge is 2.19. The van der Waals surface area contributed by atoms with Gasteiger partial charge in [-0.3, -0.25) is 0 Å². The third-order valence-electron chi connectivity index (χ3n) is 2.68. The molecular weight excluding hydrogens is 284 g/mol. The molecule has 2 rings (SSSR count). The summed E-state index contributed by atoms with van der Waals surface area (Å²) in [6.45, 7) is 2.05. The Hall–Kier alpha value is -0.640. The average Bonchev–Trinajstić information content (AvgIpc) is 2.75. The molecule has 2 atom stereocenters. The number of thiophene rings is 1. The minimum atomic E-state index is -0.432. The summed E-state index contributed by atoms with van der Waals surface area (Å²) in [7, 11) is 0. The van der Waals surface area contributed by atoms with Crippen LogP contribution in [0.15, 0.2) is 46.3 Å². The number of aliphatic hydroxyl groups excluding tert-OH is 1. The third-order valence-corrected chi connectivity index (χ3v) is 4.38. The van der Waals surface area contributed by atoms with Crippen molar-refractivity contribution in [2.75, 3.05) is 0 Å². The van der Waals surface area contributed by atoms with Crippen LogP contribution >= 0.6 is 27.3 Å². The quantitative estimate of drug-likeness (QED) is 0.893. The normalized spacial score (nSPS) is 14.7. The van der Waals surface area contributed by atoms with Gasteiger partial charge < -0.3 is 5.11 Å². The van der Waals surface area contributed by atoms with E-state index in [0.717, 1.165) is 8.66 Å². The smallest absolute Gasteiger partial charge is 0.0947 e. The summed E-state index contributed by atoms with van der Waals surface area (Å²) in [5.41, 5.74) is 1.17. The van der Waals surface area contributed by atoms with Gasteiger partial charge in [-0.2, -0.15) is 0 Å². The van der Waals surface area contributed by atoms with Gasteiger partial charge in [0, 0.05) is 10.8 Å². The Balaban J connectivity index is 2.19. The van der Waals surface area contributed by atoms with Crippen LogP contribution in [0.25, 0.3) is 0 Å². The van der Waals surface area contributed by atoms with Crippen LogP contribution in [0.3, 0.4) is 0 Å². The van der Waals surface area contributed by atoms with E-state index < -0.39 is 6.10 Å². The van der Waals surface area contributed by atoms with Crippen molar-refractivity contribution < 1.29 is 5.11 Å². The molecule has 1 N–H and O–H groups in total. The molecule has 1 aromatic carbocycles. The molecule has 0 amide bonds. The minimum absolute atomic E-state index is 0.117. The predicted molar refractivity (Wildman–Crippen MR) is 71.8 cm³/mol. The van der Waals surface area contributed by atoms with Gasteiger partial charge in [0.05, 0.1) is 9.89 Å². The first kappa shape index (κ1) is 11.8. The van der Waals surface area contributed by atoms with Gasteiger partial charge in [0.1, 0.15) is 0 Å². The Bertz CT molecular complexity index is 452. The lowest BCUT2D eigenvalue weighted by Crippen LogP contribution is -2.05. The molecule has 0 fully saturated rings. The van der Waals surface area contributed by atoms with Crippen LogP contribution < -0.4 is 0 Å². The van der Waals surface area contributed by atoms with Crippen molar-refractivity contribution in [3.8, 4) is 0 Å². The third kappa shape index (κ3) is 2.54. The van der Waals surface area contributed by atoms with E-state index in [1.54, 1.807) is 11.3 Å². The first-order valence-corrected chi connectivity index (χ1v) is 6.77. The van der Waals surface area contributed by atoms with Crippen molar-refractivity contribution in [1.29, 1.82) is 0 Å². The standard InChI is InChI=1S/C13H13BrOS/c1-9(10-5-3-2-4-6-10)13(15)11-7-8-12(14)16-11/h2-9,13,15H,1H3. The lowest BCUT2D eigenvalue weighted by molar-refractivity contribution is 0.155. The summed E-state index contributed by atoms with van der Waals surface area (Å²) >= 11 is 5.00. The zero-order valence-electron chi connectivity index (χ0n) is 8.93. The van der Waals surface area contributed by atoms with Crippen molar-refractivity contribution in [3.63, 3.8) is 0 Å². The fourth-order valence-electron chi connectivity index (χ4n) is 1.67. The van der Waals surface area contributed by atoms with Crippen LogP contribution in [-0.2, 0) is 0 Å². The maximum atomic E-state index is 10.2. The Labute approximate surface area is 108 Å². The molecular formula is C13H13BrOS. The number of aliphatic hydroxyl groups is 1. The number of benzene rings is 1. The van der Waals surface area contributed by atoms with E-state index in [2.05, 4.69) is 28.1 Å². The lowest BCUT2D eigenvalue weighted by Gasteiger charge is -2.17. The Kier molecular flexibility index (Phi) is 3.79. The molecule has 84 valence electrons. The van der Waals surface area contributed by atoms with E-state index in [1.165, 1.54) is 5.56 Å². The maximum Gasteiger partial charge on any atom is 0.0947 e. The van der Waals surface area contributed by atoms with Crippen molar-refractivity contribution >= 4 is 27.3 Å². The van der Waals surface area contributed by atoms with Gasteiger partial charge >= 0.3 is 0 Å². The van der Waals surface area contributed by atoms with Gasteiger partial charge in [-0.15, -0.1) is 11.3 Å². The van der Waals surface area contributed by atoms with Gasteiger partial charge in [-0.1, -0.05) is 37.3 Å². The lowest BCUT2D eigenvalue weighted by atomic mass is 9.95. The molecule has 16 heavy (non-hydrogen) atoms. The average molecular weight is 297 g/mol. The van der Waals surface area contributed by atoms with Crippen molar-refractivity contribution in [2.45, 2.75) is 18.9 Å². The molecule has 0 spiro atoms. The van der Waals surface area contributed by atoms with Crippen LogP contribution in [0.2, 0.25) is 0 Å². The number of hydrogen-bond donors (Lipinski definition) is 1. The van der Waals surface area contributed by atoms with Crippen LogP contribution in [0.1, 0.15) is 29.4 Å². The second-order valence-corrected chi connectivity index (χ2v) is 6.28. The van der Waals surface area contributed by atoms with Gasteiger partial charge in [-0.05, 0) is 33.6 Å². The van der Waals surface area contributed by atoms with Crippen LogP contribution in [0, 0.1) is 0 Å². The van der Waals surface area contributed by atoms with Crippen LogP contribution in [0.4, 0.5) is 0 Å². The Morgan fingerprint density at radius 1 is 1.12 bits per heavy atom. The topological polar surface area (TPSA) is 20.2 Å². The molecule has 1 nitrogen and oxygen atoms in total. The summed E-state index contributed by atoms with van der Waals surface area (Å²) < 4.78 is 1.06. The highest BCUT2D eigenvalue weighted by atomic mass is 79.9. The van der Waals surface area contributed by atoms with Gasteiger partial charge in [0.15, 0.2) is 0 Å². The first-order chi connectivity index (χ1) is 7.68. The van der Waals surface area contributed by atoms with E-state index in [4.69, 9.17) is 0 Å². The molecule has 2 aromatic rings. The molecule has 0 radical (unpaired) electrons. The number of halogens is 1. The molecule has 2 unspecified atom stereocenters. The van der Waals surface area contributed by atoms with Crippen molar-refractivity contribution in [1.82, 2.24) is 0 Å². The SMILES string of the molecule is CC(c1ccccc1)C(O)c1ccc(Br)s1. The van der Waals surface area contributed by atoms with Crippen molar-refractivity contribution in [2.24, 2.45) is 0 Å².